The topological polar surface area (TPSA) is 62.7 Å². The smallest absolute Gasteiger partial charge is 0.353 e. The van der Waals surface area contributed by atoms with E-state index >= 15 is 0 Å². The predicted octanol–water partition coefficient (Wildman–Crippen LogP) is 7.17. The van der Waals surface area contributed by atoms with Gasteiger partial charge in [0.05, 0.1) is 11.3 Å². The molecular weight excluding hydrogens is 499 g/mol. The molecule has 0 bridgehead atoms. The molecule has 1 atom stereocenters. The molecule has 0 saturated heterocycles. The number of hydrogen-bond donors (Lipinski definition) is 2. The molecule has 5 rings (SSSR count). The second kappa shape index (κ2) is 12.4. The molecule has 8 heteroatoms. The van der Waals surface area contributed by atoms with Crippen LogP contribution in [0.2, 0.25) is 0 Å². The van der Waals surface area contributed by atoms with Crippen LogP contribution < -0.4 is 10.6 Å². The number of aromatic nitrogens is 3. The van der Waals surface area contributed by atoms with Gasteiger partial charge in [-0.15, -0.1) is 0 Å². The van der Waals surface area contributed by atoms with Gasteiger partial charge in [-0.3, -0.25) is 4.98 Å². The Morgan fingerprint density at radius 3 is 2.38 bits per heavy atom. The van der Waals surface area contributed by atoms with Crippen LogP contribution in [0.4, 0.5) is 19.1 Å². The second-order valence-electron chi connectivity index (χ2n) is 10.0. The fourth-order valence-corrected chi connectivity index (χ4v) is 5.18. The highest BCUT2D eigenvalue weighted by Crippen LogP contribution is 2.35. The first-order valence-electron chi connectivity index (χ1n) is 13.4. The van der Waals surface area contributed by atoms with Crippen molar-refractivity contribution in [3.8, 4) is 22.4 Å². The lowest BCUT2D eigenvalue weighted by atomic mass is 9.94. The zero-order chi connectivity index (χ0) is 27.1. The van der Waals surface area contributed by atoms with E-state index in [0.717, 1.165) is 24.1 Å². The summed E-state index contributed by atoms with van der Waals surface area (Å²) in [6, 6.07) is 19.9. The minimum atomic E-state index is -4.44. The third-order valence-electron chi connectivity index (χ3n) is 7.15. The van der Waals surface area contributed by atoms with Crippen molar-refractivity contribution >= 4 is 5.95 Å². The summed E-state index contributed by atoms with van der Waals surface area (Å²) in [5.74, 6) is 0.432. The van der Waals surface area contributed by atoms with Gasteiger partial charge >= 0.3 is 6.18 Å². The minimum absolute atomic E-state index is 0.173. The van der Waals surface area contributed by atoms with Gasteiger partial charge in [-0.05, 0) is 54.7 Å². The fraction of sp³-hybridized carbons (Fsp3) is 0.323. The summed E-state index contributed by atoms with van der Waals surface area (Å²) in [6.07, 6.45) is 7.47. The Labute approximate surface area is 227 Å². The molecule has 1 aliphatic carbocycles. The molecule has 2 heterocycles. The van der Waals surface area contributed by atoms with E-state index in [1.165, 1.54) is 43.7 Å². The van der Waals surface area contributed by atoms with Crippen LogP contribution >= 0.6 is 0 Å². The van der Waals surface area contributed by atoms with Gasteiger partial charge in [-0.25, -0.2) is 9.97 Å². The van der Waals surface area contributed by atoms with Crippen molar-refractivity contribution in [2.45, 2.75) is 56.8 Å². The summed E-state index contributed by atoms with van der Waals surface area (Å²) < 4.78 is 40.2. The summed E-state index contributed by atoms with van der Waals surface area (Å²) in [4.78, 5) is 13.4. The van der Waals surface area contributed by atoms with Gasteiger partial charge in [0.15, 0.2) is 0 Å². The summed E-state index contributed by atoms with van der Waals surface area (Å²) in [5.41, 5.74) is 2.78. The van der Waals surface area contributed by atoms with Gasteiger partial charge in [0.25, 0.3) is 0 Å². The molecule has 0 amide bonds. The van der Waals surface area contributed by atoms with E-state index in [-0.39, 0.29) is 6.04 Å². The Bertz CT molecular complexity index is 1340. The third kappa shape index (κ3) is 7.20. The Hall–Kier alpha value is -3.78. The molecule has 5 nitrogen and oxygen atoms in total. The van der Waals surface area contributed by atoms with E-state index in [1.807, 2.05) is 6.07 Å². The van der Waals surface area contributed by atoms with Crippen molar-refractivity contribution in [3.05, 3.63) is 96.4 Å². The van der Waals surface area contributed by atoms with Gasteiger partial charge in [-0.1, -0.05) is 61.7 Å². The molecule has 0 radical (unpaired) electrons. The lowest BCUT2D eigenvalue weighted by Crippen LogP contribution is -2.44. The normalized spacial score (nSPS) is 15.2. The van der Waals surface area contributed by atoms with Crippen molar-refractivity contribution in [1.29, 1.82) is 0 Å². The van der Waals surface area contributed by atoms with E-state index in [2.05, 4.69) is 44.9 Å². The molecule has 1 aliphatic rings. The van der Waals surface area contributed by atoms with Crippen molar-refractivity contribution in [1.82, 2.24) is 20.3 Å². The first kappa shape index (κ1) is 26.8. The summed E-state index contributed by atoms with van der Waals surface area (Å²) in [5, 5.41) is 7.24. The zero-order valence-corrected chi connectivity index (χ0v) is 21.7. The largest absolute Gasteiger partial charge is 0.416 e. The van der Waals surface area contributed by atoms with Gasteiger partial charge < -0.3 is 10.6 Å². The highest BCUT2D eigenvalue weighted by molar-refractivity contribution is 5.81. The Kier molecular flexibility index (Phi) is 8.51. The van der Waals surface area contributed by atoms with E-state index in [0.29, 0.717) is 35.4 Å². The molecule has 0 aliphatic heterocycles. The van der Waals surface area contributed by atoms with Crippen molar-refractivity contribution < 1.29 is 13.2 Å². The molecule has 2 aromatic carbocycles. The number of hydrogen-bond acceptors (Lipinski definition) is 5. The highest BCUT2D eigenvalue weighted by atomic mass is 19.4. The van der Waals surface area contributed by atoms with Crippen molar-refractivity contribution in [2.24, 2.45) is 0 Å². The molecule has 4 aromatic rings. The van der Waals surface area contributed by atoms with Gasteiger partial charge in [0.1, 0.15) is 0 Å². The Balaban J connectivity index is 1.41. The van der Waals surface area contributed by atoms with E-state index in [9.17, 15) is 13.2 Å². The number of halogens is 3. The minimum Gasteiger partial charge on any atom is -0.353 e. The van der Waals surface area contributed by atoms with Crippen LogP contribution in [-0.2, 0) is 12.6 Å². The number of nitrogens with one attached hydrogen (secondary N) is 2. The van der Waals surface area contributed by atoms with Crippen LogP contribution in [0.25, 0.3) is 22.4 Å². The molecule has 2 aromatic heterocycles. The van der Waals surface area contributed by atoms with E-state index < -0.39 is 11.7 Å². The monoisotopic (exact) mass is 531 g/mol. The van der Waals surface area contributed by atoms with Crippen LogP contribution in [0, 0.1) is 0 Å². The van der Waals surface area contributed by atoms with Gasteiger partial charge in [-0.2, -0.15) is 13.2 Å². The maximum atomic E-state index is 13.4. The van der Waals surface area contributed by atoms with Crippen LogP contribution in [0.3, 0.4) is 0 Å². The van der Waals surface area contributed by atoms with Gasteiger partial charge in [0.2, 0.25) is 5.95 Å². The number of benzene rings is 2. The molecule has 0 spiro atoms. The average Bonchev–Trinajstić information content (AvgIpc) is 2.97. The van der Waals surface area contributed by atoms with Crippen LogP contribution in [-0.4, -0.2) is 33.6 Å². The molecule has 2 N–H and O–H groups in total. The lowest BCUT2D eigenvalue weighted by molar-refractivity contribution is -0.137. The third-order valence-corrected chi connectivity index (χ3v) is 7.15. The standard InChI is InChI=1S/C31H32F3N5/c32-31(33,34)25-11-7-10-24(19-25)28-21-37-30(39-29(28)23-14-16-35-17-15-23)36-20-27(18-22-8-3-1-4-9-22)38-26-12-5-2-6-13-26/h1,3-4,7-11,14-17,19,21,26-27,38H,2,5-6,12-13,18,20H2,(H,36,37,39). The number of nitrogens with zero attached hydrogens (tertiary/aromatic N) is 3. The summed E-state index contributed by atoms with van der Waals surface area (Å²) in [7, 11) is 0. The second-order valence-corrected chi connectivity index (χ2v) is 10.0. The first-order chi connectivity index (χ1) is 19.0. The number of anilines is 1. The van der Waals surface area contributed by atoms with Crippen molar-refractivity contribution in [3.63, 3.8) is 0 Å². The predicted molar refractivity (Wildman–Crippen MR) is 148 cm³/mol. The Morgan fingerprint density at radius 2 is 1.64 bits per heavy atom. The number of rotatable bonds is 9. The number of alkyl halides is 3. The average molecular weight is 532 g/mol. The molecular formula is C31H32F3N5. The molecule has 202 valence electrons. The zero-order valence-electron chi connectivity index (χ0n) is 21.7. The van der Waals surface area contributed by atoms with E-state index in [4.69, 9.17) is 4.98 Å². The lowest BCUT2D eigenvalue weighted by Gasteiger charge is -2.29. The molecule has 39 heavy (non-hydrogen) atoms. The van der Waals surface area contributed by atoms with Crippen molar-refractivity contribution in [2.75, 3.05) is 11.9 Å². The fourth-order valence-electron chi connectivity index (χ4n) is 5.18. The van der Waals surface area contributed by atoms with E-state index in [1.54, 1.807) is 36.8 Å². The molecule has 1 fully saturated rings. The quantitative estimate of drug-likeness (QED) is 0.240. The van der Waals surface area contributed by atoms with Crippen LogP contribution in [0.15, 0.2) is 85.3 Å². The molecule has 1 unspecified atom stereocenters. The van der Waals surface area contributed by atoms with Crippen LogP contribution in [0.5, 0.6) is 0 Å². The SMILES string of the molecule is FC(F)(F)c1cccc(-c2cnc(NCC(Cc3ccccc3)NC3CCCCC3)nc2-c2ccncc2)c1. The first-order valence-corrected chi connectivity index (χ1v) is 13.4. The summed E-state index contributed by atoms with van der Waals surface area (Å²) in [6.45, 7) is 0.615. The highest BCUT2D eigenvalue weighted by Gasteiger charge is 2.30. The van der Waals surface area contributed by atoms with Crippen LogP contribution in [0.1, 0.15) is 43.2 Å². The Morgan fingerprint density at radius 1 is 0.872 bits per heavy atom. The maximum absolute atomic E-state index is 13.4. The summed E-state index contributed by atoms with van der Waals surface area (Å²) >= 11 is 0. The van der Waals surface area contributed by atoms with Gasteiger partial charge in [0, 0.05) is 48.3 Å². The maximum Gasteiger partial charge on any atom is 0.416 e. The molecule has 1 saturated carbocycles. The number of pyridine rings is 1.